The summed E-state index contributed by atoms with van der Waals surface area (Å²) in [5.41, 5.74) is 0. The molecule has 0 bridgehead atoms. The topological polar surface area (TPSA) is 15.3 Å². The summed E-state index contributed by atoms with van der Waals surface area (Å²) in [5, 5.41) is 4.39. The van der Waals surface area contributed by atoms with Crippen LogP contribution < -0.4 is 5.32 Å². The van der Waals surface area contributed by atoms with E-state index in [1.54, 1.807) is 0 Å². The average Bonchev–Trinajstić information content (AvgIpc) is 2.77. The Kier molecular flexibility index (Phi) is 2.97. The van der Waals surface area contributed by atoms with Crippen LogP contribution in [-0.2, 0) is 0 Å². The molecule has 15 heavy (non-hydrogen) atoms. The van der Waals surface area contributed by atoms with Crippen LogP contribution in [-0.4, -0.2) is 48.1 Å². The van der Waals surface area contributed by atoms with E-state index < -0.39 is 0 Å². The van der Waals surface area contributed by atoms with Gasteiger partial charge in [-0.3, -0.25) is 4.90 Å². The van der Waals surface area contributed by atoms with Gasteiger partial charge in [0.1, 0.15) is 0 Å². The second-order valence-electron chi connectivity index (χ2n) is 5.42. The molecule has 2 nitrogen and oxygen atoms in total. The van der Waals surface area contributed by atoms with Crippen molar-refractivity contribution in [2.75, 3.05) is 31.9 Å². The number of thioether (sulfide) groups is 1. The summed E-state index contributed by atoms with van der Waals surface area (Å²) in [6.07, 6.45) is 2.88. The molecular formula is C12H22N2S. The number of nitrogens with one attached hydrogen (secondary N) is 1. The molecule has 3 aliphatic heterocycles. The van der Waals surface area contributed by atoms with Crippen LogP contribution >= 0.6 is 11.8 Å². The molecule has 0 aromatic heterocycles. The van der Waals surface area contributed by atoms with Crippen LogP contribution in [0.25, 0.3) is 0 Å². The summed E-state index contributed by atoms with van der Waals surface area (Å²) in [5.74, 6) is 3.31. The number of fused-ring (bicyclic) bond motifs is 1. The van der Waals surface area contributed by atoms with Crippen molar-refractivity contribution in [2.45, 2.75) is 31.1 Å². The molecule has 3 aliphatic rings. The van der Waals surface area contributed by atoms with Gasteiger partial charge in [0, 0.05) is 24.4 Å². The number of hydrogen-bond acceptors (Lipinski definition) is 3. The summed E-state index contributed by atoms with van der Waals surface area (Å²) in [6.45, 7) is 7.71. The first-order valence-electron chi connectivity index (χ1n) is 6.41. The van der Waals surface area contributed by atoms with Gasteiger partial charge >= 0.3 is 0 Å². The van der Waals surface area contributed by atoms with Gasteiger partial charge in [-0.1, -0.05) is 6.92 Å². The quantitative estimate of drug-likeness (QED) is 0.728. The Labute approximate surface area is 97.2 Å². The maximum atomic E-state index is 3.53. The fraction of sp³-hybridized carbons (Fsp3) is 1.00. The van der Waals surface area contributed by atoms with Crippen molar-refractivity contribution < 1.29 is 0 Å². The zero-order valence-corrected chi connectivity index (χ0v) is 10.4. The fourth-order valence-electron chi connectivity index (χ4n) is 3.55. The largest absolute Gasteiger partial charge is 0.316 e. The van der Waals surface area contributed by atoms with E-state index in [0.29, 0.717) is 0 Å². The third-order valence-electron chi connectivity index (χ3n) is 4.45. The number of likely N-dealkylation sites (tertiary alicyclic amines) is 1. The van der Waals surface area contributed by atoms with E-state index in [1.807, 2.05) is 0 Å². The lowest BCUT2D eigenvalue weighted by atomic mass is 10.0. The van der Waals surface area contributed by atoms with Gasteiger partial charge in [-0.25, -0.2) is 0 Å². The Morgan fingerprint density at radius 1 is 1.20 bits per heavy atom. The Morgan fingerprint density at radius 2 is 1.93 bits per heavy atom. The molecule has 86 valence electrons. The average molecular weight is 226 g/mol. The van der Waals surface area contributed by atoms with Gasteiger partial charge in [0.25, 0.3) is 0 Å². The summed E-state index contributed by atoms with van der Waals surface area (Å²) < 4.78 is 0. The van der Waals surface area contributed by atoms with Gasteiger partial charge in [0.15, 0.2) is 0 Å². The number of nitrogens with zero attached hydrogens (tertiary/aromatic N) is 1. The lowest BCUT2D eigenvalue weighted by Gasteiger charge is -2.36. The maximum absolute atomic E-state index is 3.53. The minimum Gasteiger partial charge on any atom is -0.316 e. The molecule has 0 aromatic rings. The molecule has 3 rings (SSSR count). The Hall–Kier alpha value is 0.270. The monoisotopic (exact) mass is 226 g/mol. The molecule has 3 heteroatoms. The van der Waals surface area contributed by atoms with E-state index >= 15 is 0 Å². The lowest BCUT2D eigenvalue weighted by Crippen LogP contribution is -2.43. The Morgan fingerprint density at radius 3 is 2.60 bits per heavy atom. The Bertz CT molecular complexity index is 222. The molecule has 0 radical (unpaired) electrons. The van der Waals surface area contributed by atoms with Crippen molar-refractivity contribution in [2.24, 2.45) is 11.8 Å². The highest BCUT2D eigenvalue weighted by Crippen LogP contribution is 2.34. The van der Waals surface area contributed by atoms with Gasteiger partial charge < -0.3 is 5.32 Å². The van der Waals surface area contributed by atoms with Crippen LogP contribution in [0.4, 0.5) is 0 Å². The van der Waals surface area contributed by atoms with Crippen molar-refractivity contribution in [3.63, 3.8) is 0 Å². The Balaban J connectivity index is 1.63. The highest BCUT2D eigenvalue weighted by Gasteiger charge is 2.40. The van der Waals surface area contributed by atoms with E-state index in [2.05, 4.69) is 28.9 Å². The normalized spacial score (nSPS) is 47.0. The highest BCUT2D eigenvalue weighted by atomic mass is 32.2. The number of rotatable bonds is 1. The van der Waals surface area contributed by atoms with Gasteiger partial charge in [-0.05, 0) is 43.5 Å². The standard InChI is InChI=1S/C12H22N2S/c1-9-12(3-2-4-15-9)14-7-10-5-13-6-11(10)8-14/h9-13H,2-8H2,1H3. The lowest BCUT2D eigenvalue weighted by molar-refractivity contribution is 0.209. The first-order chi connectivity index (χ1) is 7.34. The van der Waals surface area contributed by atoms with Gasteiger partial charge in [0.05, 0.1) is 0 Å². The first kappa shape index (κ1) is 10.4. The molecule has 0 saturated carbocycles. The van der Waals surface area contributed by atoms with Crippen LogP contribution in [0, 0.1) is 11.8 Å². The summed E-state index contributed by atoms with van der Waals surface area (Å²) in [6, 6.07) is 0.884. The third-order valence-corrected chi connectivity index (χ3v) is 5.82. The van der Waals surface area contributed by atoms with Crippen LogP contribution in [0.5, 0.6) is 0 Å². The molecule has 0 spiro atoms. The van der Waals surface area contributed by atoms with Crippen LogP contribution in [0.3, 0.4) is 0 Å². The van der Waals surface area contributed by atoms with Crippen LogP contribution in [0.1, 0.15) is 19.8 Å². The van der Waals surface area contributed by atoms with Crippen molar-refractivity contribution in [3.05, 3.63) is 0 Å². The van der Waals surface area contributed by atoms with E-state index in [4.69, 9.17) is 0 Å². The zero-order chi connectivity index (χ0) is 10.3. The molecule has 4 unspecified atom stereocenters. The predicted octanol–water partition coefficient (Wildman–Crippen LogP) is 1.42. The van der Waals surface area contributed by atoms with Gasteiger partial charge in [-0.2, -0.15) is 11.8 Å². The maximum Gasteiger partial charge on any atom is 0.0212 e. The van der Waals surface area contributed by atoms with Crippen molar-refractivity contribution >= 4 is 11.8 Å². The minimum atomic E-state index is 0.866. The van der Waals surface area contributed by atoms with Crippen molar-refractivity contribution in [1.82, 2.24) is 10.2 Å². The fourth-order valence-corrected chi connectivity index (χ4v) is 4.78. The summed E-state index contributed by atoms with van der Waals surface area (Å²) >= 11 is 2.18. The molecule has 0 aromatic carbocycles. The van der Waals surface area contributed by atoms with Crippen molar-refractivity contribution in [3.8, 4) is 0 Å². The zero-order valence-electron chi connectivity index (χ0n) is 9.61. The molecule has 0 amide bonds. The summed E-state index contributed by atoms with van der Waals surface area (Å²) in [4.78, 5) is 2.80. The van der Waals surface area contributed by atoms with Crippen LogP contribution in [0.2, 0.25) is 0 Å². The van der Waals surface area contributed by atoms with E-state index in [-0.39, 0.29) is 0 Å². The van der Waals surface area contributed by atoms with Gasteiger partial charge in [0.2, 0.25) is 0 Å². The molecule has 4 atom stereocenters. The highest BCUT2D eigenvalue weighted by molar-refractivity contribution is 7.99. The molecule has 0 aliphatic carbocycles. The molecule has 3 heterocycles. The van der Waals surface area contributed by atoms with Gasteiger partial charge in [-0.15, -0.1) is 0 Å². The molecule has 3 saturated heterocycles. The van der Waals surface area contributed by atoms with Crippen LogP contribution in [0.15, 0.2) is 0 Å². The van der Waals surface area contributed by atoms with E-state index in [1.165, 1.54) is 44.8 Å². The third kappa shape index (κ3) is 1.94. The smallest absolute Gasteiger partial charge is 0.0212 e. The first-order valence-corrected chi connectivity index (χ1v) is 7.46. The second-order valence-corrected chi connectivity index (χ2v) is 6.90. The minimum absolute atomic E-state index is 0.866. The molecule has 3 fully saturated rings. The predicted molar refractivity (Wildman–Crippen MR) is 66.4 cm³/mol. The van der Waals surface area contributed by atoms with Crippen molar-refractivity contribution in [1.29, 1.82) is 0 Å². The second kappa shape index (κ2) is 4.27. The van der Waals surface area contributed by atoms with E-state index in [9.17, 15) is 0 Å². The molecular weight excluding hydrogens is 204 g/mol. The number of hydrogen-bond donors (Lipinski definition) is 1. The van der Waals surface area contributed by atoms with E-state index in [0.717, 1.165) is 23.1 Å². The summed E-state index contributed by atoms with van der Waals surface area (Å²) in [7, 11) is 0. The SMILES string of the molecule is CC1SCCCC1N1CC2CNCC2C1. The molecule has 1 N–H and O–H groups in total.